The molecule has 0 spiro atoms. The predicted octanol–water partition coefficient (Wildman–Crippen LogP) is 1.17. The van der Waals surface area contributed by atoms with E-state index in [9.17, 15) is 4.79 Å². The van der Waals surface area contributed by atoms with Crippen LogP contribution in [-0.4, -0.2) is 69.9 Å². The zero-order chi connectivity index (χ0) is 16.4. The van der Waals surface area contributed by atoms with Gasteiger partial charge in [-0.15, -0.1) is 0 Å². The van der Waals surface area contributed by atoms with E-state index in [1.807, 2.05) is 4.90 Å². The molecule has 1 aliphatic carbocycles. The fraction of sp³-hybridized carbons (Fsp3) is 0.765. The van der Waals surface area contributed by atoms with Crippen LogP contribution in [0.2, 0.25) is 0 Å². The van der Waals surface area contributed by atoms with Crippen molar-refractivity contribution in [3.8, 4) is 0 Å². The van der Waals surface area contributed by atoms with Crippen molar-refractivity contribution in [2.24, 2.45) is 5.92 Å². The molecule has 2 fully saturated rings. The molecule has 1 saturated carbocycles. The van der Waals surface area contributed by atoms with Gasteiger partial charge < -0.3 is 10.0 Å². The first-order chi connectivity index (χ1) is 11.1. The Bertz CT molecular complexity index is 543. The Kier molecular flexibility index (Phi) is 5.02. The van der Waals surface area contributed by atoms with E-state index in [0.29, 0.717) is 18.4 Å². The van der Waals surface area contributed by atoms with Crippen LogP contribution in [0.15, 0.2) is 6.20 Å². The fourth-order valence-corrected chi connectivity index (χ4v) is 3.32. The molecule has 1 aromatic rings. The molecule has 0 unspecified atom stereocenters. The third kappa shape index (κ3) is 3.75. The quantitative estimate of drug-likeness (QED) is 0.855. The van der Waals surface area contributed by atoms with E-state index in [1.54, 1.807) is 6.20 Å². The van der Waals surface area contributed by atoms with Crippen LogP contribution in [0.25, 0.3) is 0 Å². The minimum Gasteiger partial charge on any atom is -0.395 e. The number of carbonyl (C=O) groups is 1. The number of hydrogen-bond acceptors (Lipinski definition) is 4. The van der Waals surface area contributed by atoms with E-state index in [-0.39, 0.29) is 12.5 Å². The van der Waals surface area contributed by atoms with Gasteiger partial charge >= 0.3 is 0 Å². The first-order valence-electron chi connectivity index (χ1n) is 8.78. The van der Waals surface area contributed by atoms with Crippen LogP contribution >= 0.6 is 0 Å². The Labute approximate surface area is 138 Å². The lowest BCUT2D eigenvalue weighted by molar-refractivity contribution is 0.0613. The van der Waals surface area contributed by atoms with Crippen LogP contribution in [0.1, 0.15) is 48.7 Å². The van der Waals surface area contributed by atoms with Gasteiger partial charge in [0.15, 0.2) is 0 Å². The van der Waals surface area contributed by atoms with Gasteiger partial charge in [-0.3, -0.25) is 14.4 Å². The summed E-state index contributed by atoms with van der Waals surface area (Å²) < 4.78 is 2.05. The molecule has 1 saturated heterocycles. The number of carbonyl (C=O) groups excluding carboxylic acids is 1. The van der Waals surface area contributed by atoms with Crippen molar-refractivity contribution in [3.63, 3.8) is 0 Å². The summed E-state index contributed by atoms with van der Waals surface area (Å²) in [6.45, 7) is 9.26. The van der Waals surface area contributed by atoms with Crippen molar-refractivity contribution in [2.45, 2.75) is 39.2 Å². The summed E-state index contributed by atoms with van der Waals surface area (Å²) in [5.74, 6) is 1.17. The minimum atomic E-state index is 0.130. The molecule has 6 nitrogen and oxygen atoms in total. The van der Waals surface area contributed by atoms with Crippen molar-refractivity contribution >= 4 is 5.91 Å². The maximum atomic E-state index is 12.9. The van der Waals surface area contributed by atoms with Gasteiger partial charge in [0.05, 0.1) is 24.1 Å². The van der Waals surface area contributed by atoms with Crippen LogP contribution in [0.3, 0.4) is 0 Å². The normalized spacial score (nSPS) is 19.6. The van der Waals surface area contributed by atoms with Gasteiger partial charge in [0, 0.05) is 45.2 Å². The van der Waals surface area contributed by atoms with Crippen molar-refractivity contribution in [3.05, 3.63) is 17.5 Å². The van der Waals surface area contributed by atoms with E-state index in [1.165, 1.54) is 12.8 Å². The third-order valence-corrected chi connectivity index (χ3v) is 4.69. The smallest absolute Gasteiger partial charge is 0.257 e. The molecule has 128 valence electrons. The van der Waals surface area contributed by atoms with Crippen LogP contribution in [-0.2, 0) is 6.54 Å². The molecule has 0 aromatic carbocycles. The number of aliphatic hydroxyl groups excluding tert-OH is 1. The molecule has 3 rings (SSSR count). The van der Waals surface area contributed by atoms with Gasteiger partial charge in [-0.25, -0.2) is 0 Å². The molecule has 1 N–H and O–H groups in total. The molecule has 1 aliphatic heterocycles. The average molecular weight is 320 g/mol. The number of amides is 1. The van der Waals surface area contributed by atoms with Gasteiger partial charge in [-0.2, -0.15) is 5.10 Å². The zero-order valence-electron chi connectivity index (χ0n) is 14.2. The minimum absolute atomic E-state index is 0.130. The first kappa shape index (κ1) is 16.5. The average Bonchev–Trinajstić information content (AvgIpc) is 3.28. The number of aliphatic hydroxyl groups is 1. The maximum Gasteiger partial charge on any atom is 0.257 e. The fourth-order valence-electron chi connectivity index (χ4n) is 3.32. The number of hydrogen-bond donors (Lipinski definition) is 1. The summed E-state index contributed by atoms with van der Waals surface area (Å²) in [5.41, 5.74) is 1.96. The highest BCUT2D eigenvalue weighted by Crippen LogP contribution is 2.42. The van der Waals surface area contributed by atoms with Crippen LogP contribution < -0.4 is 0 Å². The Morgan fingerprint density at radius 1 is 1.30 bits per heavy atom. The van der Waals surface area contributed by atoms with Gasteiger partial charge in [-0.05, 0) is 18.8 Å². The van der Waals surface area contributed by atoms with E-state index in [4.69, 9.17) is 5.11 Å². The second-order valence-corrected chi connectivity index (χ2v) is 7.15. The topological polar surface area (TPSA) is 61.6 Å². The monoisotopic (exact) mass is 320 g/mol. The molecule has 0 bridgehead atoms. The van der Waals surface area contributed by atoms with Crippen molar-refractivity contribution < 1.29 is 9.90 Å². The molecule has 6 heteroatoms. The third-order valence-electron chi connectivity index (χ3n) is 4.69. The van der Waals surface area contributed by atoms with Crippen molar-refractivity contribution in [1.82, 2.24) is 19.6 Å². The summed E-state index contributed by atoms with van der Waals surface area (Å²) in [6.07, 6.45) is 4.13. The van der Waals surface area contributed by atoms with Crippen molar-refractivity contribution in [1.29, 1.82) is 0 Å². The highest BCUT2D eigenvalue weighted by molar-refractivity contribution is 5.95. The molecule has 23 heavy (non-hydrogen) atoms. The molecule has 2 heterocycles. The number of β-amino-alcohol motifs (C(OH)–C–C–N with tert-alkyl or cyclic N) is 1. The second-order valence-electron chi connectivity index (χ2n) is 7.15. The molecular formula is C17H28N4O2. The maximum absolute atomic E-state index is 12.9. The molecule has 1 amide bonds. The second kappa shape index (κ2) is 7.01. The van der Waals surface area contributed by atoms with E-state index >= 15 is 0 Å². The molecule has 0 atom stereocenters. The lowest BCUT2D eigenvalue weighted by Gasteiger charge is -2.34. The van der Waals surface area contributed by atoms with Gasteiger partial charge in [0.2, 0.25) is 0 Å². The molecule has 2 aliphatic rings. The first-order valence-corrected chi connectivity index (χ1v) is 8.78. The number of nitrogens with zero attached hydrogens (tertiary/aromatic N) is 4. The Hall–Kier alpha value is -1.40. The number of piperazine rings is 1. The zero-order valence-corrected chi connectivity index (χ0v) is 14.2. The summed E-state index contributed by atoms with van der Waals surface area (Å²) in [5, 5.41) is 13.5. The molecule has 1 aromatic heterocycles. The van der Waals surface area contributed by atoms with Crippen molar-refractivity contribution in [2.75, 3.05) is 39.3 Å². The van der Waals surface area contributed by atoms with Gasteiger partial charge in [0.25, 0.3) is 5.91 Å². The standard InChI is InChI=1S/C17H28N4O2/c1-13(2)12-21-16(14-3-4-14)15(11-18-21)17(23)20-7-5-19(6-8-20)9-10-22/h11,13-14,22H,3-10,12H2,1-2H3. The Morgan fingerprint density at radius 3 is 2.57 bits per heavy atom. The van der Waals surface area contributed by atoms with E-state index in [2.05, 4.69) is 28.5 Å². The Morgan fingerprint density at radius 2 is 2.00 bits per heavy atom. The number of rotatable bonds is 6. The lowest BCUT2D eigenvalue weighted by Crippen LogP contribution is -2.49. The van der Waals surface area contributed by atoms with Crippen LogP contribution in [0, 0.1) is 5.92 Å². The predicted molar refractivity (Wildman–Crippen MR) is 88.5 cm³/mol. The lowest BCUT2D eigenvalue weighted by atomic mass is 10.1. The van der Waals surface area contributed by atoms with Crippen LogP contribution in [0.4, 0.5) is 0 Å². The molecular weight excluding hydrogens is 292 g/mol. The summed E-state index contributed by atoms with van der Waals surface area (Å²) in [4.78, 5) is 17.1. The summed E-state index contributed by atoms with van der Waals surface area (Å²) >= 11 is 0. The van der Waals surface area contributed by atoms with Crippen LogP contribution in [0.5, 0.6) is 0 Å². The molecule has 0 radical (unpaired) electrons. The number of aromatic nitrogens is 2. The SMILES string of the molecule is CC(C)Cn1ncc(C(=O)N2CCN(CCO)CC2)c1C1CC1. The highest BCUT2D eigenvalue weighted by atomic mass is 16.3. The van der Waals surface area contributed by atoms with Gasteiger partial charge in [0.1, 0.15) is 0 Å². The van der Waals surface area contributed by atoms with E-state index < -0.39 is 0 Å². The van der Waals surface area contributed by atoms with Gasteiger partial charge in [-0.1, -0.05) is 13.8 Å². The largest absolute Gasteiger partial charge is 0.395 e. The Balaban J connectivity index is 1.71. The summed E-state index contributed by atoms with van der Waals surface area (Å²) in [6, 6.07) is 0. The highest BCUT2D eigenvalue weighted by Gasteiger charge is 2.34. The summed E-state index contributed by atoms with van der Waals surface area (Å²) in [7, 11) is 0. The van der Waals surface area contributed by atoms with E-state index in [0.717, 1.165) is 44.0 Å².